The van der Waals surface area contributed by atoms with E-state index in [0.717, 1.165) is 0 Å². The summed E-state index contributed by atoms with van der Waals surface area (Å²) in [4.78, 5) is 0. The monoisotopic (exact) mass is 364 g/mol. The minimum Gasteiger partial charge on any atom is -0.760 e. The van der Waals surface area contributed by atoms with Crippen molar-refractivity contribution in [2.45, 2.75) is 33.2 Å². The van der Waals surface area contributed by atoms with Gasteiger partial charge in [0.2, 0.25) is 20.0 Å². The number of sulfonamides is 2. The summed E-state index contributed by atoms with van der Waals surface area (Å²) >= 11 is -2.67. The van der Waals surface area contributed by atoms with Gasteiger partial charge in [-0.3, -0.25) is 4.21 Å². The lowest BCUT2D eigenvalue weighted by Gasteiger charge is -2.28. The first-order valence-corrected chi connectivity index (χ1v) is 10.5. The van der Waals surface area contributed by atoms with E-state index in [-0.39, 0.29) is 13.1 Å². The SMILES string of the molecule is CCNS(=O)(=O)CC(C)(C)NS(=O)(=O)CN(CC)S(=O)[O-]. The fourth-order valence-corrected chi connectivity index (χ4v) is 5.83. The number of nitrogens with zero attached hydrogens (tertiary/aromatic N) is 1. The molecule has 0 saturated carbocycles. The van der Waals surface area contributed by atoms with Gasteiger partial charge in [-0.05, 0) is 13.8 Å². The zero-order valence-electron chi connectivity index (χ0n) is 12.4. The van der Waals surface area contributed by atoms with E-state index in [9.17, 15) is 25.6 Å². The molecule has 12 heteroatoms. The molecule has 0 bridgehead atoms. The Morgan fingerprint density at radius 1 is 1.14 bits per heavy atom. The second-order valence-corrected chi connectivity index (χ2v) is 9.45. The summed E-state index contributed by atoms with van der Waals surface area (Å²) in [7, 11) is -7.62. The molecule has 0 aromatic heterocycles. The van der Waals surface area contributed by atoms with Crippen molar-refractivity contribution in [3.8, 4) is 0 Å². The summed E-state index contributed by atoms with van der Waals surface area (Å²) < 4.78 is 74.0. The molecule has 0 amide bonds. The fraction of sp³-hybridized carbons (Fsp3) is 1.00. The van der Waals surface area contributed by atoms with E-state index in [0.29, 0.717) is 4.31 Å². The van der Waals surface area contributed by atoms with E-state index in [1.807, 2.05) is 0 Å². The van der Waals surface area contributed by atoms with Crippen LogP contribution in [0.15, 0.2) is 0 Å². The Hall–Kier alpha value is -0.110. The Morgan fingerprint density at radius 2 is 1.67 bits per heavy atom. The van der Waals surface area contributed by atoms with Gasteiger partial charge in [-0.25, -0.2) is 30.6 Å². The number of rotatable bonds is 10. The van der Waals surface area contributed by atoms with Crippen LogP contribution in [0.4, 0.5) is 0 Å². The molecule has 2 N–H and O–H groups in total. The smallest absolute Gasteiger partial charge is 0.226 e. The van der Waals surface area contributed by atoms with E-state index < -0.39 is 48.5 Å². The molecule has 0 spiro atoms. The molecular formula is C9H22N3O6S3-. The van der Waals surface area contributed by atoms with Crippen molar-refractivity contribution in [2.24, 2.45) is 0 Å². The average Bonchev–Trinajstić information content (AvgIpc) is 2.21. The van der Waals surface area contributed by atoms with Crippen LogP contribution in [0.3, 0.4) is 0 Å². The highest BCUT2D eigenvalue weighted by Gasteiger charge is 2.31. The van der Waals surface area contributed by atoms with Gasteiger partial charge < -0.3 is 4.55 Å². The third-order valence-corrected chi connectivity index (χ3v) is 6.54. The second kappa shape index (κ2) is 7.94. The lowest BCUT2D eigenvalue weighted by molar-refractivity contribution is 0.419. The van der Waals surface area contributed by atoms with Crippen molar-refractivity contribution in [1.82, 2.24) is 13.7 Å². The van der Waals surface area contributed by atoms with Gasteiger partial charge in [0.05, 0.1) is 5.75 Å². The highest BCUT2D eigenvalue weighted by molar-refractivity contribution is 7.90. The molecule has 0 aliphatic rings. The maximum atomic E-state index is 11.9. The van der Waals surface area contributed by atoms with Gasteiger partial charge in [-0.15, -0.1) is 0 Å². The zero-order chi connectivity index (χ0) is 16.9. The molecule has 0 radical (unpaired) electrons. The van der Waals surface area contributed by atoms with Gasteiger partial charge in [0.25, 0.3) is 0 Å². The number of hydrogen-bond donors (Lipinski definition) is 2. The Morgan fingerprint density at radius 3 is 2.05 bits per heavy atom. The first-order chi connectivity index (χ1) is 9.34. The molecule has 0 aliphatic heterocycles. The first-order valence-electron chi connectivity index (χ1n) is 6.17. The standard InChI is InChI=1S/C9H23N3O6S3/c1-5-10-20(15,16)7-9(3,4)11-21(17,18)8-12(6-2)19(13)14/h10-11H,5-8H2,1-4H3,(H,13,14)/p-1. The molecule has 21 heavy (non-hydrogen) atoms. The summed E-state index contributed by atoms with van der Waals surface area (Å²) in [6.07, 6.45) is 0. The van der Waals surface area contributed by atoms with Crippen LogP contribution in [0.25, 0.3) is 0 Å². The summed E-state index contributed by atoms with van der Waals surface area (Å²) in [6.45, 7) is 6.11. The predicted molar refractivity (Wildman–Crippen MR) is 79.8 cm³/mol. The van der Waals surface area contributed by atoms with Crippen LogP contribution in [0.1, 0.15) is 27.7 Å². The highest BCUT2D eigenvalue weighted by Crippen LogP contribution is 2.09. The lowest BCUT2D eigenvalue weighted by Crippen LogP contribution is -2.52. The lowest BCUT2D eigenvalue weighted by atomic mass is 10.1. The van der Waals surface area contributed by atoms with Crippen LogP contribution in [0.5, 0.6) is 0 Å². The van der Waals surface area contributed by atoms with Crippen LogP contribution in [0.2, 0.25) is 0 Å². The molecule has 0 fully saturated rings. The Bertz CT molecular complexity index is 557. The number of nitrogens with one attached hydrogen (secondary N) is 2. The van der Waals surface area contributed by atoms with Crippen LogP contribution < -0.4 is 9.44 Å². The van der Waals surface area contributed by atoms with E-state index >= 15 is 0 Å². The summed E-state index contributed by atoms with van der Waals surface area (Å²) in [6, 6.07) is 0. The first kappa shape index (κ1) is 20.9. The van der Waals surface area contributed by atoms with Crippen molar-refractivity contribution in [2.75, 3.05) is 24.7 Å². The zero-order valence-corrected chi connectivity index (χ0v) is 14.9. The Kier molecular flexibility index (Phi) is 7.90. The van der Waals surface area contributed by atoms with E-state index in [1.54, 1.807) is 6.92 Å². The quantitative estimate of drug-likeness (QED) is 0.462. The minimum absolute atomic E-state index is 0.00681. The van der Waals surface area contributed by atoms with E-state index in [2.05, 4.69) is 9.44 Å². The van der Waals surface area contributed by atoms with Crippen LogP contribution in [0, 0.1) is 0 Å². The van der Waals surface area contributed by atoms with Crippen molar-refractivity contribution in [3.05, 3.63) is 0 Å². The molecule has 0 aromatic rings. The van der Waals surface area contributed by atoms with Crippen LogP contribution in [-0.2, 0) is 31.3 Å². The highest BCUT2D eigenvalue weighted by atomic mass is 32.2. The molecule has 128 valence electrons. The second-order valence-electron chi connectivity index (χ2n) is 5.00. The van der Waals surface area contributed by atoms with Crippen molar-refractivity contribution >= 4 is 31.3 Å². The van der Waals surface area contributed by atoms with E-state index in [4.69, 9.17) is 0 Å². The molecule has 9 nitrogen and oxygen atoms in total. The normalized spacial score (nSPS) is 15.3. The van der Waals surface area contributed by atoms with Gasteiger partial charge in [-0.1, -0.05) is 13.8 Å². The molecule has 0 heterocycles. The van der Waals surface area contributed by atoms with Crippen molar-refractivity contribution in [1.29, 1.82) is 0 Å². The molecule has 0 saturated heterocycles. The molecule has 0 rings (SSSR count). The van der Waals surface area contributed by atoms with Gasteiger partial charge in [0.15, 0.2) is 0 Å². The molecule has 1 unspecified atom stereocenters. The third-order valence-electron chi connectivity index (χ3n) is 2.22. The maximum absolute atomic E-state index is 11.9. The van der Waals surface area contributed by atoms with Crippen molar-refractivity contribution in [3.63, 3.8) is 0 Å². The maximum Gasteiger partial charge on any atom is 0.226 e. The molecule has 0 aromatic carbocycles. The summed E-state index contributed by atoms with van der Waals surface area (Å²) in [5, 5.41) is 0. The topological polar surface area (TPSA) is 136 Å². The van der Waals surface area contributed by atoms with Crippen LogP contribution in [-0.4, -0.2) is 60.2 Å². The fourth-order valence-electron chi connectivity index (χ4n) is 1.66. The van der Waals surface area contributed by atoms with Gasteiger partial charge in [0.1, 0.15) is 5.88 Å². The number of hydrogen-bond acceptors (Lipinski definition) is 6. The predicted octanol–water partition coefficient (Wildman–Crippen LogP) is -1.30. The molecular weight excluding hydrogens is 342 g/mol. The van der Waals surface area contributed by atoms with Gasteiger partial charge in [-0.2, -0.15) is 0 Å². The summed E-state index contributed by atoms with van der Waals surface area (Å²) in [5.41, 5.74) is -1.27. The van der Waals surface area contributed by atoms with Crippen molar-refractivity contribution < 1.29 is 25.6 Å². The minimum atomic E-state index is -3.99. The largest absolute Gasteiger partial charge is 0.760 e. The third kappa shape index (κ3) is 8.80. The molecule has 0 aliphatic carbocycles. The average molecular weight is 364 g/mol. The Balaban J connectivity index is 4.95. The van der Waals surface area contributed by atoms with E-state index in [1.165, 1.54) is 20.8 Å². The van der Waals surface area contributed by atoms with Crippen LogP contribution >= 0.6 is 0 Å². The summed E-state index contributed by atoms with van der Waals surface area (Å²) in [5.74, 6) is -1.22. The van der Waals surface area contributed by atoms with Gasteiger partial charge in [0, 0.05) is 29.9 Å². The Labute approximate surface area is 129 Å². The van der Waals surface area contributed by atoms with Gasteiger partial charge >= 0.3 is 0 Å². The molecule has 1 atom stereocenters.